The highest BCUT2D eigenvalue weighted by Gasteiger charge is 2.12. The highest BCUT2D eigenvalue weighted by atomic mass is 79.9. The van der Waals surface area contributed by atoms with E-state index in [-0.39, 0.29) is 11.7 Å². The first-order valence-corrected chi connectivity index (χ1v) is 11.0. The second-order valence-corrected chi connectivity index (χ2v) is 8.52. The molecule has 1 aromatic heterocycles. The molecular formula is C21H19BrClFN2O2S. The van der Waals surface area contributed by atoms with Crippen molar-refractivity contribution in [2.45, 2.75) is 26.7 Å². The summed E-state index contributed by atoms with van der Waals surface area (Å²) < 4.78 is 19.6. The molecule has 2 aromatic carbocycles. The molecule has 0 fully saturated rings. The zero-order chi connectivity index (χ0) is 21.0. The van der Waals surface area contributed by atoms with Gasteiger partial charge in [-0.25, -0.2) is 9.37 Å². The number of aryl methyl sites for hydroxylation is 1. The summed E-state index contributed by atoms with van der Waals surface area (Å²) in [5, 5.41) is 5.85. The lowest BCUT2D eigenvalue weighted by Crippen LogP contribution is -2.12. The number of ether oxygens (including phenoxy) is 1. The molecule has 0 aliphatic carbocycles. The Hall–Kier alpha value is -1.96. The van der Waals surface area contributed by atoms with Gasteiger partial charge in [-0.1, -0.05) is 11.6 Å². The number of rotatable bonds is 7. The minimum atomic E-state index is -0.296. The Labute approximate surface area is 186 Å². The number of anilines is 1. The summed E-state index contributed by atoms with van der Waals surface area (Å²) in [5.74, 6) is 0.292. The van der Waals surface area contributed by atoms with Crippen LogP contribution in [0, 0.1) is 19.7 Å². The highest BCUT2D eigenvalue weighted by molar-refractivity contribution is 9.10. The first kappa shape index (κ1) is 21.7. The molecular weight excluding hydrogens is 479 g/mol. The number of hydrogen-bond acceptors (Lipinski definition) is 4. The van der Waals surface area contributed by atoms with Gasteiger partial charge in [-0.3, -0.25) is 4.79 Å². The number of hydrogen-bond donors (Lipinski definition) is 1. The SMILES string of the molecule is Cc1cc(OCCCC(=O)Nc2nc(-c3ccc(F)cc3)cs2)c(Br)c(C)c1Cl. The van der Waals surface area contributed by atoms with Gasteiger partial charge >= 0.3 is 0 Å². The van der Waals surface area contributed by atoms with E-state index in [4.69, 9.17) is 16.3 Å². The van der Waals surface area contributed by atoms with Crippen LogP contribution in [0.3, 0.4) is 0 Å². The number of carbonyl (C=O) groups excluding carboxylic acids is 1. The van der Waals surface area contributed by atoms with Crippen LogP contribution in [-0.4, -0.2) is 17.5 Å². The fourth-order valence-corrected chi connectivity index (χ4v) is 4.11. The van der Waals surface area contributed by atoms with Crippen LogP contribution in [0.15, 0.2) is 40.2 Å². The van der Waals surface area contributed by atoms with Crippen LogP contribution in [0.1, 0.15) is 24.0 Å². The van der Waals surface area contributed by atoms with E-state index < -0.39 is 0 Å². The number of nitrogens with one attached hydrogen (secondary N) is 1. The van der Waals surface area contributed by atoms with E-state index in [9.17, 15) is 9.18 Å². The van der Waals surface area contributed by atoms with E-state index in [0.717, 1.165) is 21.2 Å². The predicted octanol–water partition coefficient (Wildman–Crippen LogP) is 6.78. The van der Waals surface area contributed by atoms with Gasteiger partial charge in [0.15, 0.2) is 5.13 Å². The van der Waals surface area contributed by atoms with E-state index in [1.807, 2.05) is 25.3 Å². The molecule has 0 bridgehead atoms. The third-order valence-corrected chi connectivity index (χ3v) is 6.59. The summed E-state index contributed by atoms with van der Waals surface area (Å²) in [6.07, 6.45) is 0.879. The first-order chi connectivity index (χ1) is 13.8. The molecule has 0 aliphatic heterocycles. The number of nitrogens with zero attached hydrogens (tertiary/aromatic N) is 1. The topological polar surface area (TPSA) is 51.2 Å². The third-order valence-electron chi connectivity index (χ3n) is 4.26. The molecule has 0 atom stereocenters. The normalized spacial score (nSPS) is 10.8. The number of thiazole rings is 1. The van der Waals surface area contributed by atoms with Crippen LogP contribution in [-0.2, 0) is 4.79 Å². The lowest BCUT2D eigenvalue weighted by molar-refractivity contribution is -0.116. The van der Waals surface area contributed by atoms with E-state index in [2.05, 4.69) is 26.2 Å². The Morgan fingerprint density at radius 1 is 1.31 bits per heavy atom. The van der Waals surface area contributed by atoms with Gasteiger partial charge in [-0.2, -0.15) is 0 Å². The monoisotopic (exact) mass is 496 g/mol. The van der Waals surface area contributed by atoms with Crippen molar-refractivity contribution in [1.29, 1.82) is 0 Å². The maximum atomic E-state index is 13.0. The van der Waals surface area contributed by atoms with Crippen molar-refractivity contribution >= 4 is 49.9 Å². The van der Waals surface area contributed by atoms with Gasteiger partial charge in [-0.05, 0) is 77.7 Å². The summed E-state index contributed by atoms with van der Waals surface area (Å²) in [5.41, 5.74) is 3.38. The van der Waals surface area contributed by atoms with E-state index in [0.29, 0.717) is 41.0 Å². The average molecular weight is 498 g/mol. The quantitative estimate of drug-likeness (QED) is 0.366. The summed E-state index contributed by atoms with van der Waals surface area (Å²) in [7, 11) is 0. The molecule has 3 aromatic rings. The van der Waals surface area contributed by atoms with Gasteiger partial charge in [-0.15, -0.1) is 11.3 Å². The molecule has 29 heavy (non-hydrogen) atoms. The number of halogens is 3. The second-order valence-electron chi connectivity index (χ2n) is 6.49. The average Bonchev–Trinajstić information content (AvgIpc) is 3.16. The molecule has 1 amide bonds. The first-order valence-electron chi connectivity index (χ1n) is 8.94. The van der Waals surface area contributed by atoms with Crippen molar-refractivity contribution in [3.63, 3.8) is 0 Å². The van der Waals surface area contributed by atoms with Crippen LogP contribution in [0.5, 0.6) is 5.75 Å². The molecule has 0 aliphatic rings. The summed E-state index contributed by atoms with van der Waals surface area (Å²) in [4.78, 5) is 16.5. The van der Waals surface area contributed by atoms with Gasteiger partial charge in [0.05, 0.1) is 16.8 Å². The minimum Gasteiger partial charge on any atom is -0.492 e. The highest BCUT2D eigenvalue weighted by Crippen LogP contribution is 2.35. The van der Waals surface area contributed by atoms with Gasteiger partial charge in [0.25, 0.3) is 0 Å². The Kier molecular flexibility index (Phi) is 7.27. The molecule has 0 radical (unpaired) electrons. The molecule has 0 saturated heterocycles. The van der Waals surface area contributed by atoms with Gasteiger partial charge in [0.1, 0.15) is 11.6 Å². The molecule has 0 saturated carbocycles. The molecule has 152 valence electrons. The lowest BCUT2D eigenvalue weighted by atomic mass is 10.1. The molecule has 0 unspecified atom stereocenters. The largest absolute Gasteiger partial charge is 0.492 e. The smallest absolute Gasteiger partial charge is 0.226 e. The van der Waals surface area contributed by atoms with Gasteiger partial charge < -0.3 is 10.1 Å². The number of benzene rings is 2. The van der Waals surface area contributed by atoms with Crippen molar-refractivity contribution in [2.75, 3.05) is 11.9 Å². The molecule has 1 N–H and O–H groups in total. The van der Waals surface area contributed by atoms with E-state index in [1.54, 1.807) is 12.1 Å². The summed E-state index contributed by atoms with van der Waals surface area (Å²) in [6, 6.07) is 7.97. The standard InChI is InChI=1S/C21H19BrClFN2O2S/c1-12-10-17(19(22)13(2)20(12)23)28-9-3-4-18(27)26-21-25-16(11-29-21)14-5-7-15(24)8-6-14/h5-8,10-11H,3-4,9H2,1-2H3,(H,25,26,27). The number of carbonyl (C=O) groups is 1. The Morgan fingerprint density at radius 2 is 2.03 bits per heavy atom. The maximum absolute atomic E-state index is 13.0. The zero-order valence-corrected chi connectivity index (χ0v) is 19.0. The van der Waals surface area contributed by atoms with Gasteiger partial charge in [0.2, 0.25) is 5.91 Å². The Bertz CT molecular complexity index is 1020. The van der Waals surface area contributed by atoms with Crippen LogP contribution in [0.4, 0.5) is 9.52 Å². The Morgan fingerprint density at radius 3 is 2.76 bits per heavy atom. The number of aromatic nitrogens is 1. The minimum absolute atomic E-state index is 0.129. The van der Waals surface area contributed by atoms with Crippen molar-refractivity contribution in [3.05, 3.63) is 62.2 Å². The Balaban J connectivity index is 1.48. The zero-order valence-electron chi connectivity index (χ0n) is 15.9. The van der Waals surface area contributed by atoms with Crippen molar-refractivity contribution in [3.8, 4) is 17.0 Å². The van der Waals surface area contributed by atoms with Crippen LogP contribution < -0.4 is 10.1 Å². The summed E-state index contributed by atoms with van der Waals surface area (Å²) >= 11 is 11.1. The maximum Gasteiger partial charge on any atom is 0.226 e. The molecule has 8 heteroatoms. The van der Waals surface area contributed by atoms with E-state index >= 15 is 0 Å². The lowest BCUT2D eigenvalue weighted by Gasteiger charge is -2.13. The number of amides is 1. The van der Waals surface area contributed by atoms with Crippen molar-refractivity contribution in [2.24, 2.45) is 0 Å². The predicted molar refractivity (Wildman–Crippen MR) is 119 cm³/mol. The third kappa shape index (κ3) is 5.56. The molecule has 0 spiro atoms. The molecule has 1 heterocycles. The molecule has 3 rings (SSSR count). The van der Waals surface area contributed by atoms with Crippen LogP contribution in [0.2, 0.25) is 5.02 Å². The summed E-state index contributed by atoms with van der Waals surface area (Å²) in [6.45, 7) is 4.26. The van der Waals surface area contributed by atoms with Crippen LogP contribution in [0.25, 0.3) is 11.3 Å². The molecule has 4 nitrogen and oxygen atoms in total. The van der Waals surface area contributed by atoms with E-state index in [1.165, 1.54) is 23.5 Å². The van der Waals surface area contributed by atoms with Crippen molar-refractivity contribution in [1.82, 2.24) is 4.98 Å². The van der Waals surface area contributed by atoms with Crippen molar-refractivity contribution < 1.29 is 13.9 Å². The van der Waals surface area contributed by atoms with Gasteiger partial charge in [0, 0.05) is 22.4 Å². The van der Waals surface area contributed by atoms with Crippen LogP contribution >= 0.6 is 38.9 Å². The fraction of sp³-hybridized carbons (Fsp3) is 0.238. The second kappa shape index (κ2) is 9.69. The fourth-order valence-electron chi connectivity index (χ4n) is 2.69.